The summed E-state index contributed by atoms with van der Waals surface area (Å²) in [5.74, 6) is -0.449. The van der Waals surface area contributed by atoms with Crippen molar-refractivity contribution in [2.24, 2.45) is 0 Å². The highest BCUT2D eigenvalue weighted by molar-refractivity contribution is 5.90. The van der Waals surface area contributed by atoms with Crippen LogP contribution in [0.2, 0.25) is 0 Å². The number of nitriles is 2. The van der Waals surface area contributed by atoms with Gasteiger partial charge < -0.3 is 5.11 Å². The molecule has 0 fully saturated rings. The van der Waals surface area contributed by atoms with Crippen LogP contribution in [-0.4, -0.2) is 32.4 Å². The molecule has 2 aromatic carbocycles. The monoisotopic (exact) mass is 443 g/mol. The van der Waals surface area contributed by atoms with Crippen molar-refractivity contribution in [3.8, 4) is 12.1 Å². The van der Waals surface area contributed by atoms with E-state index in [2.05, 4.69) is 27.5 Å². The Morgan fingerprint density at radius 2 is 1.97 bits per heavy atom. The van der Waals surface area contributed by atoms with Gasteiger partial charge in [-0.25, -0.2) is 9.07 Å². The summed E-state index contributed by atoms with van der Waals surface area (Å²) in [5.41, 5.74) is 3.10. The number of aromatic nitrogens is 3. The zero-order chi connectivity index (χ0) is 23.5. The second kappa shape index (κ2) is 8.91. The highest BCUT2D eigenvalue weighted by atomic mass is 19.1. The van der Waals surface area contributed by atoms with Crippen molar-refractivity contribution in [3.05, 3.63) is 76.5 Å². The number of aliphatic hydroxyl groups is 1. The minimum atomic E-state index is -0.744. The maximum absolute atomic E-state index is 13.3. The lowest BCUT2D eigenvalue weighted by Gasteiger charge is -2.34. The largest absolute Gasteiger partial charge is 0.387 e. The number of benzene rings is 2. The van der Waals surface area contributed by atoms with E-state index in [9.17, 15) is 14.4 Å². The maximum atomic E-state index is 13.3. The number of nitrogens with zero attached hydrogens (tertiary/aromatic N) is 6. The topological polar surface area (TPSA) is 131 Å². The van der Waals surface area contributed by atoms with Gasteiger partial charge in [-0.05, 0) is 42.3 Å². The van der Waals surface area contributed by atoms with Crippen LogP contribution >= 0.6 is 0 Å². The smallest absolute Gasteiger partial charge is 0.252 e. The Kier molecular flexibility index (Phi) is 5.85. The second-order valence-corrected chi connectivity index (χ2v) is 7.27. The number of amides is 1. The van der Waals surface area contributed by atoms with Gasteiger partial charge >= 0.3 is 0 Å². The molecule has 1 aliphatic rings. The molecule has 9 nitrogen and oxygen atoms in total. The molecule has 0 unspecified atom stereocenters. The lowest BCUT2D eigenvalue weighted by molar-refractivity contribution is -0.118. The first kappa shape index (κ1) is 21.7. The Labute approximate surface area is 188 Å². The molecule has 1 atom stereocenters. The number of carbonyl (C=O) groups is 1. The minimum Gasteiger partial charge on any atom is -0.387 e. The molecule has 2 N–H and O–H groups in total. The fourth-order valence-corrected chi connectivity index (χ4v) is 3.73. The van der Waals surface area contributed by atoms with Crippen molar-refractivity contribution in [1.29, 1.82) is 10.5 Å². The molecule has 0 saturated carbocycles. The van der Waals surface area contributed by atoms with Crippen molar-refractivity contribution < 1.29 is 14.3 Å². The number of halogens is 1. The predicted octanol–water partition coefficient (Wildman–Crippen LogP) is 3.09. The average molecular weight is 443 g/mol. The molecule has 2 heterocycles. The van der Waals surface area contributed by atoms with Crippen molar-refractivity contribution in [2.75, 3.05) is 16.8 Å². The van der Waals surface area contributed by atoms with Crippen LogP contribution in [0, 0.1) is 22.7 Å². The summed E-state index contributed by atoms with van der Waals surface area (Å²) in [6.07, 6.45) is 0. The molecule has 4 rings (SSSR count). The minimum absolute atomic E-state index is 0.0543. The zero-order valence-electron chi connectivity index (χ0n) is 17.5. The summed E-state index contributed by atoms with van der Waals surface area (Å²) >= 11 is 0. The quantitative estimate of drug-likeness (QED) is 0.619. The van der Waals surface area contributed by atoms with E-state index in [0.29, 0.717) is 39.6 Å². The number of alkyl halides is 1. The number of hydrogen-bond acceptors (Lipinski definition) is 7. The molecule has 0 aliphatic carbocycles. The highest BCUT2D eigenvalue weighted by Gasteiger charge is 2.36. The fourth-order valence-electron chi connectivity index (χ4n) is 3.73. The lowest BCUT2D eigenvalue weighted by Crippen LogP contribution is -2.30. The van der Waals surface area contributed by atoms with Crippen LogP contribution in [0.4, 0.5) is 22.0 Å². The van der Waals surface area contributed by atoms with Crippen LogP contribution in [0.15, 0.2) is 59.8 Å². The van der Waals surface area contributed by atoms with Crippen LogP contribution in [-0.2, 0) is 11.5 Å². The van der Waals surface area contributed by atoms with Crippen molar-refractivity contribution in [2.45, 2.75) is 19.6 Å². The molecule has 1 amide bonds. The molecular weight excluding hydrogens is 425 g/mol. The van der Waals surface area contributed by atoms with Gasteiger partial charge in [-0.1, -0.05) is 24.3 Å². The van der Waals surface area contributed by atoms with Crippen LogP contribution in [0.3, 0.4) is 0 Å². The first-order chi connectivity index (χ1) is 16.0. The van der Waals surface area contributed by atoms with Crippen LogP contribution in [0.5, 0.6) is 0 Å². The molecule has 0 saturated heterocycles. The van der Waals surface area contributed by atoms with Crippen molar-refractivity contribution >= 4 is 23.5 Å². The average Bonchev–Trinajstić information content (AvgIpc) is 3.25. The number of fused-ring (bicyclic) bond motifs is 1. The van der Waals surface area contributed by atoms with Crippen LogP contribution in [0.25, 0.3) is 0 Å². The van der Waals surface area contributed by atoms with E-state index in [1.165, 1.54) is 4.68 Å². The number of nitrogens with one attached hydrogen (secondary N) is 1. The Hall–Kier alpha value is -4.54. The third kappa shape index (κ3) is 3.91. The highest BCUT2D eigenvalue weighted by Crippen LogP contribution is 2.42. The summed E-state index contributed by atoms with van der Waals surface area (Å²) in [6, 6.07) is 17.1. The van der Waals surface area contributed by atoms with Crippen LogP contribution < -0.4 is 10.2 Å². The van der Waals surface area contributed by atoms with Gasteiger partial charge in [-0.2, -0.15) is 15.5 Å². The molecule has 10 heteroatoms. The van der Waals surface area contributed by atoms with E-state index in [-0.39, 0.29) is 5.95 Å². The predicted molar refractivity (Wildman–Crippen MR) is 117 cm³/mol. The number of rotatable bonds is 5. The number of anilines is 3. The second-order valence-electron chi connectivity index (χ2n) is 7.27. The van der Waals surface area contributed by atoms with E-state index in [1.54, 1.807) is 60.4 Å². The third-order valence-electron chi connectivity index (χ3n) is 5.25. The van der Waals surface area contributed by atoms with Gasteiger partial charge in [0, 0.05) is 11.4 Å². The summed E-state index contributed by atoms with van der Waals surface area (Å²) < 4.78 is 14.8. The zero-order valence-corrected chi connectivity index (χ0v) is 17.5. The molecule has 3 aromatic rings. The molecule has 0 spiro atoms. The Balaban J connectivity index is 1.93. The van der Waals surface area contributed by atoms with Gasteiger partial charge in [0.25, 0.3) is 11.9 Å². The molecule has 0 radical (unpaired) electrons. The summed E-state index contributed by atoms with van der Waals surface area (Å²) in [6.45, 7) is 0.349. The van der Waals surface area contributed by atoms with E-state index in [1.807, 2.05) is 0 Å². The number of aliphatic hydroxyl groups excluding tert-OH is 1. The van der Waals surface area contributed by atoms with E-state index < -0.39 is 25.2 Å². The van der Waals surface area contributed by atoms with Gasteiger partial charge in [0.2, 0.25) is 5.95 Å². The summed E-state index contributed by atoms with van der Waals surface area (Å²) in [5, 5.41) is 35.1. The molecular formula is C23H18FN7O2. The number of allylic oxidation sites excluding steroid dienone is 2. The first-order valence-electron chi connectivity index (χ1n) is 9.94. The molecule has 1 aliphatic heterocycles. The van der Waals surface area contributed by atoms with Gasteiger partial charge in [-0.15, -0.1) is 5.10 Å². The van der Waals surface area contributed by atoms with Gasteiger partial charge in [0.1, 0.15) is 19.3 Å². The van der Waals surface area contributed by atoms with Crippen LogP contribution in [0.1, 0.15) is 29.7 Å². The molecule has 1 aromatic heterocycles. The van der Waals surface area contributed by atoms with E-state index >= 15 is 0 Å². The fraction of sp³-hybridized carbons (Fsp3) is 0.174. The maximum Gasteiger partial charge on any atom is 0.252 e. The molecule has 33 heavy (non-hydrogen) atoms. The van der Waals surface area contributed by atoms with Crippen molar-refractivity contribution in [1.82, 2.24) is 14.8 Å². The SMILES string of the molecule is CC1=C(C#N)[C@@H](c2ccc(C#N)cc2)n2nc(NC(=O)CO)nc2N1c1cccc(CF)c1. The number of hydrogen-bond donors (Lipinski definition) is 2. The molecule has 164 valence electrons. The Bertz CT molecular complexity index is 1330. The van der Waals surface area contributed by atoms with Crippen molar-refractivity contribution in [3.63, 3.8) is 0 Å². The summed E-state index contributed by atoms with van der Waals surface area (Å²) in [4.78, 5) is 17.8. The standard InChI is InChI=1S/C23H18FN7O2/c1-14-19(12-26)21(17-7-5-15(11-25)6-8-17)31-23(28-22(29-31)27-20(33)13-32)30(14)18-4-2-3-16(9-18)10-24/h2-9,21,32H,10,13H2,1H3,(H,27,29,33)/t21-/m1/s1. The van der Waals surface area contributed by atoms with Gasteiger partial charge in [0.05, 0.1) is 23.3 Å². The normalized spacial score (nSPS) is 14.9. The van der Waals surface area contributed by atoms with Gasteiger partial charge in [0.15, 0.2) is 0 Å². The first-order valence-corrected chi connectivity index (χ1v) is 9.94. The number of carbonyl (C=O) groups excluding carboxylic acids is 1. The van der Waals surface area contributed by atoms with Gasteiger partial charge in [-0.3, -0.25) is 15.0 Å². The molecule has 0 bridgehead atoms. The van der Waals surface area contributed by atoms with E-state index in [4.69, 9.17) is 10.4 Å². The van der Waals surface area contributed by atoms with E-state index in [0.717, 1.165) is 0 Å². The Morgan fingerprint density at radius 3 is 2.61 bits per heavy atom. The Morgan fingerprint density at radius 1 is 1.21 bits per heavy atom. The third-order valence-corrected chi connectivity index (χ3v) is 5.25. The summed E-state index contributed by atoms with van der Waals surface area (Å²) in [7, 11) is 0. The lowest BCUT2D eigenvalue weighted by atomic mass is 9.95.